The quantitative estimate of drug-likeness (QED) is 0.817. The molecule has 0 saturated carbocycles. The van der Waals surface area contributed by atoms with Gasteiger partial charge in [0.1, 0.15) is 0 Å². The van der Waals surface area contributed by atoms with E-state index in [-0.39, 0.29) is 5.92 Å². The normalized spacial score (nSPS) is 18.7. The maximum atomic E-state index is 11.2. The summed E-state index contributed by atoms with van der Waals surface area (Å²) in [6.07, 6.45) is 3.58. The summed E-state index contributed by atoms with van der Waals surface area (Å²) in [6, 6.07) is 7.83. The van der Waals surface area contributed by atoms with Gasteiger partial charge in [-0.1, -0.05) is 15.9 Å². The summed E-state index contributed by atoms with van der Waals surface area (Å²) < 4.78 is 8.14. The number of hydrogen-bond acceptors (Lipinski definition) is 3. The van der Waals surface area contributed by atoms with E-state index in [0.29, 0.717) is 12.2 Å². The standard InChI is InChI=1S/C14H13BrN2O2/c15-12-1-3-13(4-2-12)17-7-11(8-18)14(16-17)10-5-6-19-9-10/h1-4,7-8,10H,5-6,9H2. The first-order valence-corrected chi connectivity index (χ1v) is 6.95. The summed E-state index contributed by atoms with van der Waals surface area (Å²) in [5.41, 5.74) is 2.44. The monoisotopic (exact) mass is 320 g/mol. The lowest BCUT2D eigenvalue weighted by atomic mass is 10.0. The third-order valence-corrected chi connectivity index (χ3v) is 3.84. The second-order valence-electron chi connectivity index (χ2n) is 4.57. The topological polar surface area (TPSA) is 44.1 Å². The Balaban J connectivity index is 1.98. The first-order valence-electron chi connectivity index (χ1n) is 6.16. The molecule has 1 atom stereocenters. The zero-order valence-corrected chi connectivity index (χ0v) is 11.8. The predicted molar refractivity (Wildman–Crippen MR) is 74.8 cm³/mol. The fraction of sp³-hybridized carbons (Fsp3) is 0.286. The highest BCUT2D eigenvalue weighted by atomic mass is 79.9. The summed E-state index contributed by atoms with van der Waals surface area (Å²) in [6.45, 7) is 1.40. The van der Waals surface area contributed by atoms with Crippen molar-refractivity contribution in [3.05, 3.63) is 46.2 Å². The maximum Gasteiger partial charge on any atom is 0.153 e. The van der Waals surface area contributed by atoms with Crippen LogP contribution in [0, 0.1) is 0 Å². The smallest absolute Gasteiger partial charge is 0.153 e. The van der Waals surface area contributed by atoms with E-state index < -0.39 is 0 Å². The van der Waals surface area contributed by atoms with Gasteiger partial charge in [0.25, 0.3) is 0 Å². The van der Waals surface area contributed by atoms with Gasteiger partial charge in [0.2, 0.25) is 0 Å². The fourth-order valence-corrected chi connectivity index (χ4v) is 2.55. The Bertz CT molecular complexity index is 586. The van der Waals surface area contributed by atoms with E-state index in [1.54, 1.807) is 10.9 Å². The largest absolute Gasteiger partial charge is 0.381 e. The van der Waals surface area contributed by atoms with Gasteiger partial charge < -0.3 is 4.74 Å². The molecule has 0 N–H and O–H groups in total. The molecule has 3 rings (SSSR count). The number of aromatic nitrogens is 2. The highest BCUT2D eigenvalue weighted by Gasteiger charge is 2.24. The van der Waals surface area contributed by atoms with Crippen LogP contribution in [0.1, 0.15) is 28.4 Å². The minimum atomic E-state index is 0.233. The van der Waals surface area contributed by atoms with E-state index in [1.165, 1.54) is 0 Å². The number of benzene rings is 1. The Morgan fingerprint density at radius 2 is 2.16 bits per heavy atom. The Morgan fingerprint density at radius 3 is 2.79 bits per heavy atom. The first kappa shape index (κ1) is 12.6. The molecule has 1 aliphatic rings. The van der Waals surface area contributed by atoms with Crippen molar-refractivity contribution in [3.63, 3.8) is 0 Å². The van der Waals surface area contributed by atoms with Crippen LogP contribution in [-0.4, -0.2) is 29.3 Å². The van der Waals surface area contributed by atoms with Crippen LogP contribution in [0.15, 0.2) is 34.9 Å². The first-order chi connectivity index (χ1) is 9.28. The number of rotatable bonds is 3. The van der Waals surface area contributed by atoms with Gasteiger partial charge in [-0.15, -0.1) is 0 Å². The summed E-state index contributed by atoms with van der Waals surface area (Å²) in [4.78, 5) is 11.2. The SMILES string of the molecule is O=Cc1cn(-c2ccc(Br)cc2)nc1C1CCOC1. The van der Waals surface area contributed by atoms with Crippen LogP contribution in [0.4, 0.5) is 0 Å². The summed E-state index contributed by atoms with van der Waals surface area (Å²) >= 11 is 3.40. The molecule has 1 aromatic carbocycles. The van der Waals surface area contributed by atoms with Crippen LogP contribution in [-0.2, 0) is 4.74 Å². The average Bonchev–Trinajstić information content (AvgIpc) is 3.08. The van der Waals surface area contributed by atoms with E-state index in [1.807, 2.05) is 24.3 Å². The molecule has 4 nitrogen and oxygen atoms in total. The molecule has 1 fully saturated rings. The van der Waals surface area contributed by atoms with Crippen LogP contribution in [0.5, 0.6) is 0 Å². The van der Waals surface area contributed by atoms with Gasteiger partial charge in [0.15, 0.2) is 6.29 Å². The third kappa shape index (κ3) is 2.48. The molecular formula is C14H13BrN2O2. The van der Waals surface area contributed by atoms with Gasteiger partial charge in [-0.2, -0.15) is 5.10 Å². The van der Waals surface area contributed by atoms with Crippen LogP contribution < -0.4 is 0 Å². The molecule has 98 valence electrons. The van der Waals surface area contributed by atoms with E-state index >= 15 is 0 Å². The van der Waals surface area contributed by atoms with Crippen molar-refractivity contribution >= 4 is 22.2 Å². The molecule has 5 heteroatoms. The number of halogens is 1. The molecule has 0 radical (unpaired) electrons. The minimum absolute atomic E-state index is 0.233. The van der Waals surface area contributed by atoms with Crippen molar-refractivity contribution in [3.8, 4) is 5.69 Å². The second kappa shape index (κ2) is 5.27. The molecule has 2 heterocycles. The van der Waals surface area contributed by atoms with Crippen molar-refractivity contribution in [1.29, 1.82) is 0 Å². The third-order valence-electron chi connectivity index (χ3n) is 3.31. The predicted octanol–water partition coefficient (Wildman–Crippen LogP) is 2.95. The van der Waals surface area contributed by atoms with Gasteiger partial charge in [-0.3, -0.25) is 4.79 Å². The molecule has 0 amide bonds. The van der Waals surface area contributed by atoms with E-state index in [2.05, 4.69) is 21.0 Å². The zero-order valence-electron chi connectivity index (χ0n) is 10.3. The molecule has 0 aliphatic carbocycles. The van der Waals surface area contributed by atoms with Crippen molar-refractivity contribution in [2.75, 3.05) is 13.2 Å². The van der Waals surface area contributed by atoms with Crippen molar-refractivity contribution in [2.45, 2.75) is 12.3 Å². The molecule has 1 aromatic heterocycles. The second-order valence-corrected chi connectivity index (χ2v) is 5.48. The van der Waals surface area contributed by atoms with Gasteiger partial charge >= 0.3 is 0 Å². The summed E-state index contributed by atoms with van der Waals surface area (Å²) in [5, 5.41) is 4.55. The number of ether oxygens (including phenoxy) is 1. The molecule has 0 bridgehead atoms. The summed E-state index contributed by atoms with van der Waals surface area (Å²) in [5.74, 6) is 0.233. The molecule has 1 unspecified atom stereocenters. The summed E-state index contributed by atoms with van der Waals surface area (Å²) in [7, 11) is 0. The Kier molecular flexibility index (Phi) is 3.48. The number of hydrogen-bond donors (Lipinski definition) is 0. The van der Waals surface area contributed by atoms with Crippen molar-refractivity contribution in [2.24, 2.45) is 0 Å². The molecule has 0 spiro atoms. The Morgan fingerprint density at radius 1 is 1.37 bits per heavy atom. The van der Waals surface area contributed by atoms with Crippen molar-refractivity contribution in [1.82, 2.24) is 9.78 Å². The zero-order chi connectivity index (χ0) is 13.2. The maximum absolute atomic E-state index is 11.2. The van der Waals surface area contributed by atoms with E-state index in [4.69, 9.17) is 4.74 Å². The molecule has 1 aliphatic heterocycles. The Hall–Kier alpha value is -1.46. The molecule has 1 saturated heterocycles. The average molecular weight is 321 g/mol. The fourth-order valence-electron chi connectivity index (χ4n) is 2.28. The molecule has 2 aromatic rings. The lowest BCUT2D eigenvalue weighted by molar-refractivity contribution is 0.112. The van der Waals surface area contributed by atoms with E-state index in [0.717, 1.165) is 35.2 Å². The molecule has 19 heavy (non-hydrogen) atoms. The number of nitrogens with zero attached hydrogens (tertiary/aromatic N) is 2. The van der Waals surface area contributed by atoms with E-state index in [9.17, 15) is 4.79 Å². The highest BCUT2D eigenvalue weighted by Crippen LogP contribution is 2.27. The van der Waals surface area contributed by atoms with Crippen LogP contribution in [0.25, 0.3) is 5.69 Å². The molecular weight excluding hydrogens is 308 g/mol. The lowest BCUT2D eigenvalue weighted by Crippen LogP contribution is -2.03. The highest BCUT2D eigenvalue weighted by molar-refractivity contribution is 9.10. The number of carbonyl (C=O) groups excluding carboxylic acids is 1. The van der Waals surface area contributed by atoms with Crippen molar-refractivity contribution < 1.29 is 9.53 Å². The number of carbonyl (C=O) groups is 1. The van der Waals surface area contributed by atoms with Gasteiger partial charge in [0, 0.05) is 23.2 Å². The van der Waals surface area contributed by atoms with Crippen LogP contribution in [0.2, 0.25) is 0 Å². The Labute approximate surface area is 119 Å². The van der Waals surface area contributed by atoms with Crippen LogP contribution in [0.3, 0.4) is 0 Å². The number of aldehydes is 1. The minimum Gasteiger partial charge on any atom is -0.381 e. The van der Waals surface area contributed by atoms with Gasteiger partial charge in [0.05, 0.1) is 23.6 Å². The van der Waals surface area contributed by atoms with Gasteiger partial charge in [-0.25, -0.2) is 4.68 Å². The van der Waals surface area contributed by atoms with Crippen LogP contribution >= 0.6 is 15.9 Å². The van der Waals surface area contributed by atoms with Gasteiger partial charge in [-0.05, 0) is 30.7 Å². The lowest BCUT2D eigenvalue weighted by Gasteiger charge is -2.04.